The molecule has 2 aromatic heterocycles. The molecule has 0 radical (unpaired) electrons. The van der Waals surface area contributed by atoms with Crippen molar-refractivity contribution in [2.45, 2.75) is 5.41 Å². The summed E-state index contributed by atoms with van der Waals surface area (Å²) >= 11 is 0. The standard InChI is InChI=1S/C63H43N3/c1-6-23-45(24-7-1)63(46-25-8-2-9-26-46)56-37-18-16-34-53(56)54-41-40-51(43-57(54)63)64(47-27-10-3-11-28-47)50-33-20-22-44(42-50)52-36-21-39-59-60(52)61-55-35-17-19-38-58(55)65(48-29-12-4-13-30-48)62(61)66(59)49-31-14-5-15-32-49/h1-43H. The molecule has 13 rings (SSSR count). The monoisotopic (exact) mass is 841 g/mol. The summed E-state index contributed by atoms with van der Waals surface area (Å²) in [6.45, 7) is 0. The van der Waals surface area contributed by atoms with Crippen LogP contribution in [0.25, 0.3) is 66.5 Å². The van der Waals surface area contributed by atoms with E-state index in [1.165, 1.54) is 66.1 Å². The van der Waals surface area contributed by atoms with E-state index in [2.05, 4.69) is 275 Å². The summed E-state index contributed by atoms with van der Waals surface area (Å²) in [5.41, 5.74) is 18.5. The van der Waals surface area contributed by atoms with E-state index in [1.807, 2.05) is 0 Å². The van der Waals surface area contributed by atoms with Gasteiger partial charge >= 0.3 is 0 Å². The fourth-order valence-corrected chi connectivity index (χ4v) is 11.1. The minimum absolute atomic E-state index is 0.513. The van der Waals surface area contributed by atoms with Gasteiger partial charge < -0.3 is 4.90 Å². The number of hydrogen-bond donors (Lipinski definition) is 0. The Balaban J connectivity index is 1.05. The zero-order valence-corrected chi connectivity index (χ0v) is 36.2. The van der Waals surface area contributed by atoms with Gasteiger partial charge in [-0.1, -0.05) is 188 Å². The Morgan fingerprint density at radius 2 is 0.818 bits per heavy atom. The first kappa shape index (κ1) is 37.9. The Morgan fingerprint density at radius 3 is 1.52 bits per heavy atom. The maximum absolute atomic E-state index is 2.46. The van der Waals surface area contributed by atoms with Crippen LogP contribution in [0.5, 0.6) is 0 Å². The highest BCUT2D eigenvalue weighted by atomic mass is 15.1. The van der Waals surface area contributed by atoms with Crippen LogP contribution in [0.15, 0.2) is 261 Å². The SMILES string of the molecule is c1ccc(N(c2cccc(-c3cccc4c3c3c5ccccc5n(-c5ccccc5)c3n4-c3ccccc3)c2)c2ccc3c(c2)C(c2ccccc2)(c2ccccc2)c2ccccc2-3)cc1. The predicted molar refractivity (Wildman–Crippen MR) is 275 cm³/mol. The molecule has 0 saturated carbocycles. The number of rotatable bonds is 8. The van der Waals surface area contributed by atoms with Crippen LogP contribution in [0.1, 0.15) is 22.3 Å². The maximum Gasteiger partial charge on any atom is 0.131 e. The number of fused-ring (bicyclic) bond motifs is 8. The summed E-state index contributed by atoms with van der Waals surface area (Å²) in [7, 11) is 0. The van der Waals surface area contributed by atoms with Crippen molar-refractivity contribution in [2.24, 2.45) is 0 Å². The Kier molecular flexibility index (Phi) is 8.75. The lowest BCUT2D eigenvalue weighted by atomic mass is 9.67. The Hall–Kier alpha value is -8.66. The van der Waals surface area contributed by atoms with Crippen molar-refractivity contribution in [3.63, 3.8) is 0 Å². The van der Waals surface area contributed by atoms with Crippen molar-refractivity contribution in [1.29, 1.82) is 0 Å². The smallest absolute Gasteiger partial charge is 0.131 e. The summed E-state index contributed by atoms with van der Waals surface area (Å²) in [6, 6.07) is 95.4. The lowest BCUT2D eigenvalue weighted by Gasteiger charge is -2.35. The molecule has 1 aliphatic rings. The summed E-state index contributed by atoms with van der Waals surface area (Å²) in [4.78, 5) is 2.43. The number of anilines is 3. The topological polar surface area (TPSA) is 13.1 Å². The third-order valence-electron chi connectivity index (χ3n) is 13.8. The zero-order chi connectivity index (χ0) is 43.6. The molecule has 10 aromatic carbocycles. The molecule has 0 unspecified atom stereocenters. The van der Waals surface area contributed by atoms with Crippen molar-refractivity contribution >= 4 is 49.9 Å². The average Bonchev–Trinajstić information content (AvgIpc) is 4.02. The molecule has 66 heavy (non-hydrogen) atoms. The molecule has 0 N–H and O–H groups in total. The number of benzene rings is 10. The van der Waals surface area contributed by atoms with Gasteiger partial charge in [0.15, 0.2) is 0 Å². The van der Waals surface area contributed by atoms with E-state index in [0.29, 0.717) is 0 Å². The highest BCUT2D eigenvalue weighted by molar-refractivity contribution is 6.26. The van der Waals surface area contributed by atoms with Gasteiger partial charge in [-0.05, 0) is 117 Å². The molecule has 0 saturated heterocycles. The van der Waals surface area contributed by atoms with E-state index in [1.54, 1.807) is 0 Å². The highest BCUT2D eigenvalue weighted by Crippen LogP contribution is 2.57. The molecule has 0 bridgehead atoms. The largest absolute Gasteiger partial charge is 0.310 e. The predicted octanol–water partition coefficient (Wildman–Crippen LogP) is 16.2. The van der Waals surface area contributed by atoms with Gasteiger partial charge in [0.2, 0.25) is 0 Å². The van der Waals surface area contributed by atoms with Crippen LogP contribution in [0.2, 0.25) is 0 Å². The van der Waals surface area contributed by atoms with Gasteiger partial charge in [0.1, 0.15) is 5.65 Å². The van der Waals surface area contributed by atoms with Crippen molar-refractivity contribution in [1.82, 2.24) is 9.13 Å². The molecular weight excluding hydrogens is 799 g/mol. The van der Waals surface area contributed by atoms with Crippen LogP contribution < -0.4 is 4.90 Å². The Labute approximate surface area is 384 Å². The van der Waals surface area contributed by atoms with Gasteiger partial charge in [0, 0.05) is 44.6 Å². The van der Waals surface area contributed by atoms with Crippen molar-refractivity contribution in [3.8, 4) is 33.6 Å². The van der Waals surface area contributed by atoms with E-state index >= 15 is 0 Å². The van der Waals surface area contributed by atoms with Gasteiger partial charge in [-0.15, -0.1) is 0 Å². The molecule has 0 fully saturated rings. The van der Waals surface area contributed by atoms with E-state index < -0.39 is 5.41 Å². The molecular formula is C63H43N3. The van der Waals surface area contributed by atoms with Gasteiger partial charge in [-0.25, -0.2) is 0 Å². The van der Waals surface area contributed by atoms with E-state index in [0.717, 1.165) is 39.6 Å². The average molecular weight is 842 g/mol. The highest BCUT2D eigenvalue weighted by Gasteiger charge is 2.46. The summed E-state index contributed by atoms with van der Waals surface area (Å²) in [5.74, 6) is 0. The quantitative estimate of drug-likeness (QED) is 0.149. The first-order chi connectivity index (χ1) is 32.8. The normalized spacial score (nSPS) is 12.7. The van der Waals surface area contributed by atoms with Crippen LogP contribution in [0, 0.1) is 0 Å². The first-order valence-corrected chi connectivity index (χ1v) is 22.8. The Bertz CT molecular complexity index is 3700. The van der Waals surface area contributed by atoms with Crippen molar-refractivity contribution in [2.75, 3.05) is 4.90 Å². The van der Waals surface area contributed by atoms with Crippen LogP contribution in [-0.2, 0) is 5.41 Å². The van der Waals surface area contributed by atoms with Crippen LogP contribution >= 0.6 is 0 Å². The van der Waals surface area contributed by atoms with E-state index in [-0.39, 0.29) is 0 Å². The second kappa shape index (κ2) is 15.3. The third kappa shape index (κ3) is 5.63. The molecule has 1 aliphatic carbocycles. The Morgan fingerprint density at radius 1 is 0.318 bits per heavy atom. The molecule has 310 valence electrons. The third-order valence-corrected chi connectivity index (χ3v) is 13.8. The minimum Gasteiger partial charge on any atom is -0.310 e. The first-order valence-electron chi connectivity index (χ1n) is 22.8. The number of nitrogens with zero attached hydrogens (tertiary/aromatic N) is 3. The molecule has 2 heterocycles. The summed E-state index contributed by atoms with van der Waals surface area (Å²) in [6.07, 6.45) is 0. The lowest BCUT2D eigenvalue weighted by molar-refractivity contribution is 0.768. The number of aromatic nitrogens is 2. The summed E-state index contributed by atoms with van der Waals surface area (Å²) < 4.78 is 4.89. The molecule has 0 atom stereocenters. The van der Waals surface area contributed by atoms with Crippen LogP contribution in [0.3, 0.4) is 0 Å². The fourth-order valence-electron chi connectivity index (χ4n) is 11.1. The maximum atomic E-state index is 2.46. The number of para-hydroxylation sites is 4. The van der Waals surface area contributed by atoms with E-state index in [9.17, 15) is 0 Å². The van der Waals surface area contributed by atoms with Gasteiger partial charge in [-0.2, -0.15) is 0 Å². The molecule has 3 nitrogen and oxygen atoms in total. The second-order valence-corrected chi connectivity index (χ2v) is 17.2. The molecule has 0 spiro atoms. The van der Waals surface area contributed by atoms with Crippen LogP contribution in [0.4, 0.5) is 17.1 Å². The lowest BCUT2D eigenvalue weighted by Crippen LogP contribution is -2.28. The molecule has 0 aliphatic heterocycles. The molecule has 3 heteroatoms. The van der Waals surface area contributed by atoms with Crippen LogP contribution in [-0.4, -0.2) is 9.13 Å². The second-order valence-electron chi connectivity index (χ2n) is 17.2. The molecule has 0 amide bonds. The minimum atomic E-state index is -0.513. The van der Waals surface area contributed by atoms with Gasteiger partial charge in [0.05, 0.1) is 16.4 Å². The van der Waals surface area contributed by atoms with Gasteiger partial charge in [0.25, 0.3) is 0 Å². The molecule has 12 aromatic rings. The summed E-state index contributed by atoms with van der Waals surface area (Å²) in [5, 5.41) is 3.70. The van der Waals surface area contributed by atoms with E-state index in [4.69, 9.17) is 0 Å². The fraction of sp³-hybridized carbons (Fsp3) is 0.0159. The van der Waals surface area contributed by atoms with Crippen molar-refractivity contribution < 1.29 is 0 Å². The van der Waals surface area contributed by atoms with Crippen molar-refractivity contribution in [3.05, 3.63) is 283 Å². The zero-order valence-electron chi connectivity index (χ0n) is 36.2. The van der Waals surface area contributed by atoms with Gasteiger partial charge in [-0.3, -0.25) is 9.13 Å². The number of hydrogen-bond acceptors (Lipinski definition) is 1.